The van der Waals surface area contributed by atoms with E-state index in [9.17, 15) is 22.4 Å². The Bertz CT molecular complexity index is 740. The van der Waals surface area contributed by atoms with E-state index < -0.39 is 33.9 Å². The summed E-state index contributed by atoms with van der Waals surface area (Å²) in [6.45, 7) is -0.152. The van der Waals surface area contributed by atoms with E-state index in [2.05, 4.69) is 10.6 Å². The Morgan fingerprint density at radius 3 is 2.54 bits per heavy atom. The summed E-state index contributed by atoms with van der Waals surface area (Å²) in [6, 6.07) is 4.38. The van der Waals surface area contributed by atoms with Gasteiger partial charge in [0.1, 0.15) is 12.0 Å². The molecule has 0 aromatic heterocycles. The number of hydrogen-bond donors (Lipinski definition) is 3. The van der Waals surface area contributed by atoms with E-state index in [1.54, 1.807) is 0 Å². The van der Waals surface area contributed by atoms with Crippen LogP contribution in [0.25, 0.3) is 0 Å². The minimum atomic E-state index is -3.95. The molecule has 0 bridgehead atoms. The third kappa shape index (κ3) is 4.97. The summed E-state index contributed by atoms with van der Waals surface area (Å²) < 4.78 is 45.0. The molecule has 26 heavy (non-hydrogen) atoms. The molecule has 1 aromatic rings. The van der Waals surface area contributed by atoms with Crippen molar-refractivity contribution in [1.82, 2.24) is 14.9 Å². The van der Waals surface area contributed by atoms with Crippen molar-refractivity contribution in [2.24, 2.45) is 0 Å². The van der Waals surface area contributed by atoms with Crippen LogP contribution in [0.1, 0.15) is 6.42 Å². The van der Waals surface area contributed by atoms with Gasteiger partial charge in [0.15, 0.2) is 0 Å². The van der Waals surface area contributed by atoms with E-state index in [1.807, 2.05) is 0 Å². The Kier molecular flexibility index (Phi) is 7.03. The highest BCUT2D eigenvalue weighted by Gasteiger charge is 2.34. The number of sulfonamides is 1. The molecule has 1 aromatic carbocycles. The first kappa shape index (κ1) is 20.2. The van der Waals surface area contributed by atoms with Gasteiger partial charge in [-0.15, -0.1) is 0 Å². The molecule has 1 atom stereocenters. The molecule has 3 N–H and O–H groups in total. The minimum Gasteiger partial charge on any atom is -0.395 e. The number of hydrogen-bond acceptors (Lipinski definition) is 6. The molecule has 0 aliphatic carbocycles. The molecule has 2 rings (SSSR count). The van der Waals surface area contributed by atoms with Crippen LogP contribution in [0.4, 0.5) is 4.39 Å². The van der Waals surface area contributed by atoms with Crippen LogP contribution < -0.4 is 10.6 Å². The zero-order valence-corrected chi connectivity index (χ0v) is 14.7. The highest BCUT2D eigenvalue weighted by atomic mass is 32.2. The second-order valence-electron chi connectivity index (χ2n) is 5.44. The number of aliphatic hydroxyl groups excluding tert-OH is 1. The van der Waals surface area contributed by atoms with Crippen LogP contribution in [0.15, 0.2) is 29.2 Å². The van der Waals surface area contributed by atoms with Crippen molar-refractivity contribution in [1.29, 1.82) is 0 Å². The molecule has 1 unspecified atom stereocenters. The molecular weight excluding hydrogens is 369 g/mol. The van der Waals surface area contributed by atoms with Gasteiger partial charge in [0.25, 0.3) is 0 Å². The van der Waals surface area contributed by atoms with Crippen LogP contribution in [-0.4, -0.2) is 68.7 Å². The van der Waals surface area contributed by atoms with E-state index >= 15 is 0 Å². The van der Waals surface area contributed by atoms with E-state index in [0.29, 0.717) is 13.0 Å². The molecule has 1 aliphatic rings. The first-order valence-corrected chi connectivity index (χ1v) is 9.36. The number of benzene rings is 1. The molecule has 1 aliphatic heterocycles. The molecule has 2 amide bonds. The third-order valence-corrected chi connectivity index (χ3v) is 5.52. The maximum absolute atomic E-state index is 13.0. The number of amides is 2. The quantitative estimate of drug-likeness (QED) is 0.524. The Morgan fingerprint density at radius 1 is 1.23 bits per heavy atom. The average molecular weight is 389 g/mol. The van der Waals surface area contributed by atoms with Crippen molar-refractivity contribution in [3.05, 3.63) is 30.1 Å². The minimum absolute atomic E-state index is 0.0722. The highest BCUT2D eigenvalue weighted by Crippen LogP contribution is 2.22. The van der Waals surface area contributed by atoms with E-state index in [-0.39, 0.29) is 31.1 Å². The fraction of sp³-hybridized carbons (Fsp3) is 0.467. The summed E-state index contributed by atoms with van der Waals surface area (Å²) >= 11 is 0. The normalized spacial score (nSPS) is 18.3. The van der Waals surface area contributed by atoms with Crippen LogP contribution in [0.2, 0.25) is 0 Å². The lowest BCUT2D eigenvalue weighted by Gasteiger charge is -2.34. The molecule has 144 valence electrons. The zero-order valence-electron chi connectivity index (χ0n) is 13.9. The molecule has 1 fully saturated rings. The van der Waals surface area contributed by atoms with Crippen LogP contribution in [0, 0.1) is 5.82 Å². The summed E-state index contributed by atoms with van der Waals surface area (Å²) in [5.74, 6) is -2.47. The number of nitrogens with one attached hydrogen (secondary N) is 2. The van der Waals surface area contributed by atoms with Gasteiger partial charge in [-0.25, -0.2) is 12.8 Å². The van der Waals surface area contributed by atoms with E-state index in [1.165, 1.54) is 0 Å². The largest absolute Gasteiger partial charge is 0.395 e. The van der Waals surface area contributed by atoms with Gasteiger partial charge < -0.3 is 20.5 Å². The van der Waals surface area contributed by atoms with Crippen molar-refractivity contribution in [2.45, 2.75) is 17.5 Å². The lowest BCUT2D eigenvalue weighted by atomic mass is 10.3. The van der Waals surface area contributed by atoms with Crippen molar-refractivity contribution in [3.8, 4) is 0 Å². The lowest BCUT2D eigenvalue weighted by molar-refractivity contribution is -0.140. The standard InChI is InChI=1S/C15H20FN3O6S/c16-11-2-4-12(5-3-11)26(23,24)19-7-1-9-25-13(19)10-18-15(22)14(21)17-6-8-20/h2-5,13,20H,1,6-10H2,(H,17,21)(H,18,22). The van der Waals surface area contributed by atoms with Gasteiger partial charge >= 0.3 is 11.8 Å². The topological polar surface area (TPSA) is 125 Å². The molecule has 0 saturated carbocycles. The van der Waals surface area contributed by atoms with Gasteiger partial charge in [0, 0.05) is 13.1 Å². The number of aliphatic hydroxyl groups is 1. The van der Waals surface area contributed by atoms with Gasteiger partial charge in [-0.1, -0.05) is 0 Å². The predicted molar refractivity (Wildman–Crippen MR) is 87.8 cm³/mol. The molecule has 9 nitrogen and oxygen atoms in total. The van der Waals surface area contributed by atoms with Crippen LogP contribution in [0.3, 0.4) is 0 Å². The van der Waals surface area contributed by atoms with Gasteiger partial charge in [0.05, 0.1) is 24.7 Å². The number of nitrogens with zero attached hydrogens (tertiary/aromatic N) is 1. The van der Waals surface area contributed by atoms with Gasteiger partial charge in [-0.05, 0) is 30.7 Å². The van der Waals surface area contributed by atoms with Crippen molar-refractivity contribution in [3.63, 3.8) is 0 Å². The predicted octanol–water partition coefficient (Wildman–Crippen LogP) is -1.21. The second kappa shape index (κ2) is 9.03. The summed E-state index contributed by atoms with van der Waals surface area (Å²) in [5, 5.41) is 13.1. The number of rotatable bonds is 6. The lowest BCUT2D eigenvalue weighted by Crippen LogP contribution is -2.53. The molecule has 1 heterocycles. The Balaban J connectivity index is 2.06. The van der Waals surface area contributed by atoms with Crippen LogP contribution >= 0.6 is 0 Å². The maximum atomic E-state index is 13.0. The number of carbonyl (C=O) groups excluding carboxylic acids is 2. The first-order valence-electron chi connectivity index (χ1n) is 7.92. The molecule has 1 saturated heterocycles. The summed E-state index contributed by atoms with van der Waals surface area (Å²) in [4.78, 5) is 23.1. The zero-order chi connectivity index (χ0) is 19.2. The third-order valence-electron chi connectivity index (χ3n) is 3.62. The summed E-state index contributed by atoms with van der Waals surface area (Å²) in [5.41, 5.74) is 0. The van der Waals surface area contributed by atoms with E-state index in [4.69, 9.17) is 9.84 Å². The van der Waals surface area contributed by atoms with Gasteiger partial charge in [0.2, 0.25) is 10.0 Å². The monoisotopic (exact) mass is 389 g/mol. The fourth-order valence-corrected chi connectivity index (χ4v) is 3.92. The average Bonchev–Trinajstić information content (AvgIpc) is 2.64. The molecule has 11 heteroatoms. The summed E-state index contributed by atoms with van der Waals surface area (Å²) in [7, 11) is -3.95. The van der Waals surface area contributed by atoms with Crippen molar-refractivity contribution < 1.29 is 32.2 Å². The fourth-order valence-electron chi connectivity index (χ4n) is 2.35. The Labute approximate surface area is 150 Å². The number of ether oxygens (including phenoxy) is 1. The van der Waals surface area contributed by atoms with Crippen molar-refractivity contribution >= 4 is 21.8 Å². The molecular formula is C15H20FN3O6S. The highest BCUT2D eigenvalue weighted by molar-refractivity contribution is 7.89. The Morgan fingerprint density at radius 2 is 1.88 bits per heavy atom. The molecule has 0 radical (unpaired) electrons. The van der Waals surface area contributed by atoms with Gasteiger partial charge in [-0.3, -0.25) is 9.59 Å². The van der Waals surface area contributed by atoms with Crippen LogP contribution in [0.5, 0.6) is 0 Å². The first-order chi connectivity index (χ1) is 12.4. The SMILES string of the molecule is O=C(NCCO)C(=O)NCC1OCCCN1S(=O)(=O)c1ccc(F)cc1. The second-order valence-corrected chi connectivity index (χ2v) is 7.33. The smallest absolute Gasteiger partial charge is 0.309 e. The number of carbonyl (C=O) groups is 2. The number of halogens is 1. The maximum Gasteiger partial charge on any atom is 0.309 e. The van der Waals surface area contributed by atoms with Crippen molar-refractivity contribution in [2.75, 3.05) is 32.8 Å². The Hall–Kier alpha value is -2.08. The van der Waals surface area contributed by atoms with Crippen LogP contribution in [-0.2, 0) is 24.3 Å². The van der Waals surface area contributed by atoms with E-state index in [0.717, 1.165) is 28.6 Å². The molecule has 0 spiro atoms. The summed E-state index contributed by atoms with van der Waals surface area (Å²) in [6.07, 6.45) is -0.532. The van der Waals surface area contributed by atoms with Gasteiger partial charge in [-0.2, -0.15) is 4.31 Å².